The number of anilines is 1. The van der Waals surface area contributed by atoms with E-state index in [1.807, 2.05) is 31.2 Å². The van der Waals surface area contributed by atoms with Gasteiger partial charge in [0.25, 0.3) is 5.91 Å². The highest BCUT2D eigenvalue weighted by Crippen LogP contribution is 2.17. The number of halogens is 1. The van der Waals surface area contributed by atoms with Gasteiger partial charge in [-0.1, -0.05) is 28.1 Å². The van der Waals surface area contributed by atoms with Crippen LogP contribution in [0.2, 0.25) is 0 Å². The lowest BCUT2D eigenvalue weighted by Gasteiger charge is -2.15. The number of carbonyl (C=O) groups excluding carboxylic acids is 1. The van der Waals surface area contributed by atoms with Gasteiger partial charge < -0.3 is 11.1 Å². The maximum absolute atomic E-state index is 12.1. The number of nitrogens with zero attached hydrogens (tertiary/aromatic N) is 1. The number of carbonyl (C=O) groups is 1. The number of nitrogens with two attached hydrogens (primary N) is 1. The van der Waals surface area contributed by atoms with E-state index in [1.165, 1.54) is 6.20 Å². The molecule has 19 heavy (non-hydrogen) atoms. The first kappa shape index (κ1) is 13.5. The highest BCUT2D eigenvalue weighted by Gasteiger charge is 2.13. The molecule has 0 saturated heterocycles. The Bertz CT molecular complexity index is 583. The van der Waals surface area contributed by atoms with Crippen LogP contribution in [-0.2, 0) is 0 Å². The lowest BCUT2D eigenvalue weighted by molar-refractivity contribution is 0.0940. The van der Waals surface area contributed by atoms with Crippen molar-refractivity contribution in [1.29, 1.82) is 0 Å². The number of aromatic nitrogens is 1. The molecule has 1 heterocycles. The summed E-state index contributed by atoms with van der Waals surface area (Å²) in [5, 5.41) is 2.90. The molecule has 0 saturated carbocycles. The number of hydrogen-bond acceptors (Lipinski definition) is 3. The summed E-state index contributed by atoms with van der Waals surface area (Å²) >= 11 is 3.38. The molecule has 0 bridgehead atoms. The average Bonchev–Trinajstić information content (AvgIpc) is 2.39. The zero-order valence-corrected chi connectivity index (χ0v) is 12.0. The summed E-state index contributed by atoms with van der Waals surface area (Å²) in [6, 6.07) is 9.31. The third-order valence-corrected chi connectivity index (χ3v) is 3.35. The summed E-state index contributed by atoms with van der Waals surface area (Å²) in [7, 11) is 0. The molecule has 1 aromatic carbocycles. The topological polar surface area (TPSA) is 68.0 Å². The fourth-order valence-corrected chi connectivity index (χ4v) is 1.97. The van der Waals surface area contributed by atoms with E-state index in [0.717, 1.165) is 10.0 Å². The van der Waals surface area contributed by atoms with Gasteiger partial charge in [-0.15, -0.1) is 0 Å². The molecular weight excluding hydrogens is 306 g/mol. The normalized spacial score (nSPS) is 11.9. The molecule has 0 radical (unpaired) electrons. The fourth-order valence-electron chi connectivity index (χ4n) is 1.70. The van der Waals surface area contributed by atoms with Crippen molar-refractivity contribution in [3.05, 3.63) is 58.3 Å². The molecule has 1 amide bonds. The Morgan fingerprint density at radius 3 is 2.63 bits per heavy atom. The zero-order chi connectivity index (χ0) is 13.8. The quantitative estimate of drug-likeness (QED) is 0.914. The van der Waals surface area contributed by atoms with Gasteiger partial charge in [0.15, 0.2) is 0 Å². The van der Waals surface area contributed by atoms with Crippen molar-refractivity contribution in [2.45, 2.75) is 13.0 Å². The van der Waals surface area contributed by atoms with Crippen LogP contribution in [0.5, 0.6) is 0 Å². The lowest BCUT2D eigenvalue weighted by atomic mass is 10.1. The van der Waals surface area contributed by atoms with Crippen molar-refractivity contribution in [2.24, 2.45) is 0 Å². The molecule has 1 unspecified atom stereocenters. The molecule has 0 fully saturated rings. The Morgan fingerprint density at radius 2 is 2.00 bits per heavy atom. The summed E-state index contributed by atoms with van der Waals surface area (Å²) in [4.78, 5) is 16.0. The second-order valence-corrected chi connectivity index (χ2v) is 5.13. The molecule has 4 nitrogen and oxygen atoms in total. The van der Waals surface area contributed by atoms with E-state index in [1.54, 1.807) is 12.3 Å². The van der Waals surface area contributed by atoms with Crippen molar-refractivity contribution in [3.63, 3.8) is 0 Å². The highest BCUT2D eigenvalue weighted by molar-refractivity contribution is 9.10. The molecule has 0 aliphatic carbocycles. The lowest BCUT2D eigenvalue weighted by Crippen LogP contribution is -2.27. The first-order valence-electron chi connectivity index (χ1n) is 5.83. The minimum Gasteiger partial charge on any atom is -0.398 e. The van der Waals surface area contributed by atoms with Crippen LogP contribution in [0.4, 0.5) is 5.69 Å². The van der Waals surface area contributed by atoms with Crippen LogP contribution in [0.15, 0.2) is 47.2 Å². The Balaban J connectivity index is 2.11. The predicted octanol–water partition coefficient (Wildman–Crippen LogP) is 2.92. The SMILES string of the molecule is CC(NC(=O)c1cnccc1N)c1ccc(Br)cc1. The molecule has 1 aromatic heterocycles. The number of pyridine rings is 1. The second kappa shape index (κ2) is 5.84. The third-order valence-electron chi connectivity index (χ3n) is 2.82. The molecule has 2 rings (SSSR count). The van der Waals surface area contributed by atoms with Crippen LogP contribution in [0.3, 0.4) is 0 Å². The summed E-state index contributed by atoms with van der Waals surface area (Å²) in [6.45, 7) is 1.92. The molecule has 0 aliphatic rings. The first-order chi connectivity index (χ1) is 9.08. The van der Waals surface area contributed by atoms with Gasteiger partial charge in [0.05, 0.1) is 11.6 Å². The van der Waals surface area contributed by atoms with Gasteiger partial charge in [-0.05, 0) is 30.7 Å². The van der Waals surface area contributed by atoms with E-state index in [-0.39, 0.29) is 11.9 Å². The minimum atomic E-state index is -0.221. The summed E-state index contributed by atoms with van der Waals surface area (Å²) in [6.07, 6.45) is 3.03. The molecule has 1 atom stereocenters. The van der Waals surface area contributed by atoms with E-state index in [9.17, 15) is 4.79 Å². The highest BCUT2D eigenvalue weighted by atomic mass is 79.9. The van der Waals surface area contributed by atoms with Crippen molar-refractivity contribution >= 4 is 27.5 Å². The van der Waals surface area contributed by atoms with Crippen molar-refractivity contribution in [3.8, 4) is 0 Å². The monoisotopic (exact) mass is 319 g/mol. The maximum atomic E-state index is 12.1. The molecule has 3 N–H and O–H groups in total. The first-order valence-corrected chi connectivity index (χ1v) is 6.63. The maximum Gasteiger partial charge on any atom is 0.255 e. The van der Waals surface area contributed by atoms with Crippen LogP contribution in [0.1, 0.15) is 28.9 Å². The fraction of sp³-hybridized carbons (Fsp3) is 0.143. The average molecular weight is 320 g/mol. The molecule has 0 aliphatic heterocycles. The van der Waals surface area contributed by atoms with Crippen LogP contribution in [-0.4, -0.2) is 10.9 Å². The molecule has 5 heteroatoms. The van der Waals surface area contributed by atoms with Crippen molar-refractivity contribution in [2.75, 3.05) is 5.73 Å². The Hall–Kier alpha value is -1.88. The van der Waals surface area contributed by atoms with E-state index >= 15 is 0 Å². The predicted molar refractivity (Wildman–Crippen MR) is 78.7 cm³/mol. The third kappa shape index (κ3) is 3.32. The Morgan fingerprint density at radius 1 is 1.32 bits per heavy atom. The van der Waals surface area contributed by atoms with Gasteiger partial charge in [0.1, 0.15) is 0 Å². The van der Waals surface area contributed by atoms with E-state index in [4.69, 9.17) is 5.73 Å². The van der Waals surface area contributed by atoms with E-state index < -0.39 is 0 Å². The Kier molecular flexibility index (Phi) is 4.16. The van der Waals surface area contributed by atoms with Crippen molar-refractivity contribution in [1.82, 2.24) is 10.3 Å². The van der Waals surface area contributed by atoms with Gasteiger partial charge in [0, 0.05) is 22.6 Å². The van der Waals surface area contributed by atoms with Gasteiger partial charge >= 0.3 is 0 Å². The van der Waals surface area contributed by atoms with Crippen LogP contribution in [0, 0.1) is 0 Å². The molecule has 98 valence electrons. The number of hydrogen-bond donors (Lipinski definition) is 2. The summed E-state index contributed by atoms with van der Waals surface area (Å²) < 4.78 is 1.01. The number of amides is 1. The number of nitrogens with one attached hydrogen (secondary N) is 1. The molecule has 2 aromatic rings. The summed E-state index contributed by atoms with van der Waals surface area (Å²) in [5.74, 6) is -0.221. The largest absolute Gasteiger partial charge is 0.398 e. The van der Waals surface area contributed by atoms with Crippen molar-refractivity contribution < 1.29 is 4.79 Å². The van der Waals surface area contributed by atoms with E-state index in [0.29, 0.717) is 11.3 Å². The smallest absolute Gasteiger partial charge is 0.255 e. The van der Waals surface area contributed by atoms with E-state index in [2.05, 4.69) is 26.2 Å². The number of benzene rings is 1. The molecule has 0 spiro atoms. The van der Waals surface area contributed by atoms with Crippen LogP contribution >= 0.6 is 15.9 Å². The molecular formula is C14H14BrN3O. The van der Waals surface area contributed by atoms with Gasteiger partial charge in [0.2, 0.25) is 0 Å². The van der Waals surface area contributed by atoms with Crippen LogP contribution in [0.25, 0.3) is 0 Å². The van der Waals surface area contributed by atoms with Crippen LogP contribution < -0.4 is 11.1 Å². The van der Waals surface area contributed by atoms with Gasteiger partial charge in [-0.25, -0.2) is 0 Å². The Labute approximate surface area is 120 Å². The number of nitrogen functional groups attached to an aromatic ring is 1. The number of rotatable bonds is 3. The standard InChI is InChI=1S/C14H14BrN3O/c1-9(10-2-4-11(15)5-3-10)18-14(19)12-8-17-7-6-13(12)16/h2-9H,1H3,(H2,16,17)(H,18,19). The second-order valence-electron chi connectivity index (χ2n) is 4.21. The van der Waals surface area contributed by atoms with Gasteiger partial charge in [-0.3, -0.25) is 9.78 Å². The minimum absolute atomic E-state index is 0.0970. The van der Waals surface area contributed by atoms with Gasteiger partial charge in [-0.2, -0.15) is 0 Å². The zero-order valence-electron chi connectivity index (χ0n) is 10.4. The summed E-state index contributed by atoms with van der Waals surface area (Å²) in [5.41, 5.74) is 7.60.